The van der Waals surface area contributed by atoms with Crippen LogP contribution in [0.5, 0.6) is 11.5 Å². The van der Waals surface area contributed by atoms with Crippen molar-refractivity contribution in [1.29, 1.82) is 0 Å². The molecule has 2 unspecified atom stereocenters. The molecule has 1 aliphatic carbocycles. The van der Waals surface area contributed by atoms with E-state index in [1.807, 2.05) is 85.2 Å². The van der Waals surface area contributed by atoms with E-state index >= 15 is 0 Å². The highest BCUT2D eigenvalue weighted by molar-refractivity contribution is 14.1. The third-order valence-corrected chi connectivity index (χ3v) is 30.7. The Labute approximate surface area is 845 Å². The molecule has 710 valence electrons. The number of thiocarbonyl (C=S) groups is 3. The number of benzene rings is 4. The second-order valence-corrected chi connectivity index (χ2v) is 40.6. The maximum atomic E-state index is 12.6. The number of thioether (sulfide) groups is 7. The summed E-state index contributed by atoms with van der Waals surface area (Å²) < 4.78 is 67.4. The summed E-state index contributed by atoms with van der Waals surface area (Å²) in [6.45, 7) is 18.4. The smallest absolute Gasteiger partial charge is 0.376 e. The van der Waals surface area contributed by atoms with Crippen LogP contribution in [-0.4, -0.2) is 253 Å². The van der Waals surface area contributed by atoms with Gasteiger partial charge in [-0.15, -0.1) is 0 Å². The molecule has 10 aliphatic heterocycles. The molecule has 11 heterocycles. The maximum absolute atomic E-state index is 12.6. The number of hydrogen-bond acceptors (Lipinski definition) is 32. The average Bonchev–Trinajstić information content (AvgIpc) is 1.59. The van der Waals surface area contributed by atoms with Crippen molar-refractivity contribution in [1.82, 2.24) is 34.3 Å². The van der Waals surface area contributed by atoms with Gasteiger partial charge in [-0.25, -0.2) is 0 Å². The van der Waals surface area contributed by atoms with Crippen molar-refractivity contribution < 1.29 is 162 Å². The number of Topliss-reactive ketones (excluding diaryl/α,β-unsaturated/α-hetero) is 2. The lowest BCUT2D eigenvalue weighted by atomic mass is 9.81. The third-order valence-electron chi connectivity index (χ3n) is 20.3. The molecule has 4 aromatic carbocycles. The van der Waals surface area contributed by atoms with Crippen molar-refractivity contribution in [2.45, 2.75) is 123 Å². The third kappa shape index (κ3) is 26.8. The molecule has 48 heteroatoms. The van der Waals surface area contributed by atoms with Crippen LogP contribution < -0.4 is 48.0 Å². The second kappa shape index (κ2) is 50.4. The van der Waals surface area contributed by atoms with E-state index in [1.165, 1.54) is 114 Å². The topological polar surface area (TPSA) is 423 Å². The van der Waals surface area contributed by atoms with E-state index in [9.17, 15) is 75.5 Å². The minimum Gasteiger partial charge on any atom is -1.00 e. The Morgan fingerprint density at radius 2 is 1.07 bits per heavy atom. The number of para-hydroxylation sites is 3. The number of carbonyl (C=O) groups is 14. The second-order valence-electron chi connectivity index (χ2n) is 29.1. The van der Waals surface area contributed by atoms with Crippen molar-refractivity contribution in [3.8, 4) is 11.5 Å². The van der Waals surface area contributed by atoms with Crippen LogP contribution in [-0.2, 0) is 93.8 Å². The van der Waals surface area contributed by atoms with Crippen LogP contribution in [0.25, 0.3) is 17.2 Å². The zero-order chi connectivity index (χ0) is 95.5. The lowest BCUT2D eigenvalue weighted by molar-refractivity contribution is -0.674. The van der Waals surface area contributed by atoms with Crippen molar-refractivity contribution >= 4 is 278 Å². The summed E-state index contributed by atoms with van der Waals surface area (Å²) in [6, 6.07) is 25.5. The van der Waals surface area contributed by atoms with Gasteiger partial charge in [0.2, 0.25) is 46.5 Å². The minimum atomic E-state index is -4.27. The molecule has 7 saturated heterocycles. The molecule has 133 heavy (non-hydrogen) atoms. The van der Waals surface area contributed by atoms with Gasteiger partial charge in [-0.05, 0) is 138 Å². The number of carboxylic acid groups (broad SMARTS) is 2. The minimum absolute atomic E-state index is 0. The number of rotatable bonds is 24. The van der Waals surface area contributed by atoms with Gasteiger partial charge in [-0.3, -0.25) is 101 Å². The predicted octanol–water partition coefficient (Wildman–Crippen LogP) is 6.07. The highest BCUT2D eigenvalue weighted by atomic mass is 127. The number of ketones is 2. The van der Waals surface area contributed by atoms with Crippen LogP contribution in [0.15, 0.2) is 153 Å². The summed E-state index contributed by atoms with van der Waals surface area (Å²) in [5, 5.41) is 20.1. The molecule has 7 fully saturated rings. The molecule has 16 rings (SSSR count). The number of fused-ring (bicyclic) bond motifs is 4. The Balaban J connectivity index is 0.000000192. The summed E-state index contributed by atoms with van der Waals surface area (Å²) in [5.74, 6) is -0.630. The van der Waals surface area contributed by atoms with Crippen molar-refractivity contribution in [3.63, 3.8) is 0 Å². The molecule has 11 aliphatic rings. The first-order chi connectivity index (χ1) is 62.5. The number of oxazole rings is 1. The quantitative estimate of drug-likeness (QED) is 0.00922. The summed E-state index contributed by atoms with van der Waals surface area (Å²) in [6.07, 6.45) is 12.9. The first kappa shape index (κ1) is 110. The zero-order valence-corrected chi connectivity index (χ0v) is 86.5. The Bertz CT molecular complexity index is 5850. The fourth-order valence-electron chi connectivity index (χ4n) is 13.9. The van der Waals surface area contributed by atoms with Crippen LogP contribution in [0.3, 0.4) is 0 Å². The summed E-state index contributed by atoms with van der Waals surface area (Å²) >= 11 is 26.4. The largest absolute Gasteiger partial charge is 1.00 e. The number of nitrogens with zero attached hydrogens (tertiary/aromatic N) is 9. The molecule has 0 saturated carbocycles. The summed E-state index contributed by atoms with van der Waals surface area (Å²) in [7, 11) is -4.27. The molecule has 34 nitrogen and oxygen atoms in total. The number of hydrogen-bond donors (Lipinski definition) is 3. The number of allylic oxidation sites excluding steroid dienone is 4. The number of carbonyl (C=O) groups excluding carboxylic acids is 12. The van der Waals surface area contributed by atoms with Crippen LogP contribution in [0.4, 0.5) is 5.69 Å². The summed E-state index contributed by atoms with van der Waals surface area (Å²) in [5.41, 5.74) is 7.16. The molecule has 0 radical (unpaired) electrons. The molecule has 1 aromatic heterocycles. The lowest BCUT2D eigenvalue weighted by Crippen LogP contribution is -3.00. The average molecular weight is 2280 g/mol. The van der Waals surface area contributed by atoms with Crippen molar-refractivity contribution in [2.24, 2.45) is 0 Å². The van der Waals surface area contributed by atoms with E-state index in [2.05, 4.69) is 83.9 Å². The first-order valence-corrected chi connectivity index (χ1v) is 50.3. The number of aryl methyl sites for hydroxylation is 1. The molecule has 3 N–H and O–H groups in total. The Hall–Kier alpha value is -8.64. The van der Waals surface area contributed by atoms with E-state index in [0.29, 0.717) is 99.1 Å². The predicted molar refractivity (Wildman–Crippen MR) is 516 cm³/mol. The number of halogens is 3. The van der Waals surface area contributed by atoms with E-state index in [1.54, 1.807) is 18.7 Å². The number of aliphatic carboxylic acids is 2. The number of carboxylic acids is 2. The van der Waals surface area contributed by atoms with Gasteiger partial charge in [-0.1, -0.05) is 188 Å². The number of aromatic nitrogens is 1. The Morgan fingerprint density at radius 3 is 1.59 bits per heavy atom. The van der Waals surface area contributed by atoms with Crippen LogP contribution in [0, 0.1) is 3.57 Å². The van der Waals surface area contributed by atoms with Gasteiger partial charge in [0.15, 0.2) is 38.1 Å². The highest BCUT2D eigenvalue weighted by Crippen LogP contribution is 2.46. The van der Waals surface area contributed by atoms with Crippen LogP contribution in [0.1, 0.15) is 126 Å². The van der Waals surface area contributed by atoms with Crippen LogP contribution in [0.2, 0.25) is 0 Å². The van der Waals surface area contributed by atoms with Crippen molar-refractivity contribution in [3.05, 3.63) is 170 Å². The normalized spacial score (nSPS) is 20.7. The van der Waals surface area contributed by atoms with Gasteiger partial charge >= 0.3 is 17.8 Å². The number of unbranched alkanes of at least 4 members (excludes halogenated alkanes) is 3. The fourth-order valence-corrected chi connectivity index (χ4v) is 23.2. The number of ether oxygens (including phenoxy) is 5. The highest BCUT2D eigenvalue weighted by Gasteiger charge is 2.47. The van der Waals surface area contributed by atoms with E-state index in [4.69, 9.17) is 74.8 Å². The van der Waals surface area contributed by atoms with Gasteiger partial charge in [-0.2, -0.15) is 17.6 Å². The van der Waals surface area contributed by atoms with Gasteiger partial charge in [0, 0.05) is 40.4 Å². The molecule has 7 amide bonds. The molecular weight excluding hydrogens is 2190 g/mol. The Kier molecular flexibility index (Phi) is 41.6. The SMILES string of the molecule is CC1Oc2ccc(I)cc2C1=O.CC1Oc2ccc(S(=O)(=O)O)cc2C1=O.CCCCCCN1C(=O)/C(=C2\SCC(=O)N2COC=O)SC1=S.CCN1C(=O)CS/C1=C1/SC(=S)N(CC(=O)O)C1=O.CC[N+]1=C(/C=C2\SCC(=O)N2COC=O)C(C)(C)c2ccccc21.CC[n+]1c(/C=C2\SCC(=O)N2COC=O)oc2ccccc21.O=C(O)CN1C(=O)/C(=C2\C=CCC2)SC1=S.[Br-].[Br-]. The fraction of sp³-hybridized carbons (Fsp3) is 0.353. The van der Waals surface area contributed by atoms with Gasteiger partial charge in [0.1, 0.15) is 65.5 Å². The Morgan fingerprint density at radius 1 is 0.586 bits per heavy atom. The monoisotopic (exact) mass is 2270 g/mol. The van der Waals surface area contributed by atoms with Crippen molar-refractivity contribution in [2.75, 3.05) is 75.9 Å². The first-order valence-electron chi connectivity index (χ1n) is 40.2. The van der Waals surface area contributed by atoms with Crippen LogP contribution >= 0.6 is 142 Å². The van der Waals surface area contributed by atoms with E-state index in [0.717, 1.165) is 116 Å². The standard InChI is InChI=1S/C18H21N2O3S.C15H15N2O4S.C14H18N2O4S3.C10H10N2O4S3.C10H9NO3S2.C9H7IO2.C9H8O5S.2BrH/c1-4-19-14-8-6-5-7-13(14)18(2,3)15(19)9-17-20(11-23-12-21)16(22)10-24-17;1-2-16-11-5-3-4-6-12(11)21-14(16)7-15-17(9-20-10-18)13(19)8-22-15;1-2-3-4-5-6-15-12(19)11(23-14(15)21)13-16(8-20-9-17)10(18)7-22-13;1-2-11-5(13)4-18-9(11)7-8(16)12(3-6(14)15)10(17)19-7;12-7(13)5-11-9(14)8(16-10(11)15)6-3-1-2-4-6;1-5-9(11)7-4-6(10)2-3-8(7)12-5;1-5-9(10)7-4-6(15(11,12)13)2-3-8(7)14-5;;/h5-9,12H,4,10-11H2,1-3H3;3-7,10H,2,8-9H2,1H3;9H,2-8H2,1H3;2-4H2,1H3,(H,14,15);1,3H,2,4-5H2,(H,12,13);2-5H,1H3;2-5H,1H3,(H,11,12,13);2*1H/q2*+1;;;;;;;/p-2/b;;13-11+;9-7+;8-6-;;;;. The van der Waals surface area contributed by atoms with Gasteiger partial charge in [0.25, 0.3) is 52.8 Å². The van der Waals surface area contributed by atoms with Gasteiger partial charge < -0.3 is 77.2 Å². The molecule has 0 spiro atoms. The van der Waals surface area contributed by atoms with E-state index in [-0.39, 0.29) is 146 Å². The molecular formula is C85H88Br2IN9O25S11. The number of amides is 7. The zero-order valence-electron chi connectivity index (χ0n) is 72.2. The van der Waals surface area contributed by atoms with Gasteiger partial charge in [0.05, 0.1) is 70.5 Å². The lowest BCUT2D eigenvalue weighted by Gasteiger charge is -2.18. The molecule has 2 atom stereocenters. The summed E-state index contributed by atoms with van der Waals surface area (Å²) in [4.78, 5) is 170. The maximum Gasteiger partial charge on any atom is 0.376 e. The van der Waals surface area contributed by atoms with E-state index < -0.39 is 40.6 Å². The molecule has 0 bridgehead atoms. The molecule has 5 aromatic rings.